The highest BCUT2D eigenvalue weighted by molar-refractivity contribution is 7.10. The van der Waals surface area contributed by atoms with Crippen molar-refractivity contribution in [2.24, 2.45) is 0 Å². The zero-order valence-corrected chi connectivity index (χ0v) is 17.8. The number of carbonyl (C=O) groups excluding carboxylic acids is 2. The average Bonchev–Trinajstić information content (AvgIpc) is 3.49. The van der Waals surface area contributed by atoms with Gasteiger partial charge < -0.3 is 5.32 Å². The first-order valence-corrected chi connectivity index (χ1v) is 11.4. The number of benzene rings is 1. The van der Waals surface area contributed by atoms with Gasteiger partial charge in [-0.1, -0.05) is 35.0 Å². The summed E-state index contributed by atoms with van der Waals surface area (Å²) in [6.45, 7) is 0. The van der Waals surface area contributed by atoms with Crippen LogP contribution in [-0.2, 0) is 4.79 Å². The molecule has 0 radical (unpaired) electrons. The molecule has 1 aliphatic rings. The van der Waals surface area contributed by atoms with Crippen LogP contribution in [0.2, 0.25) is 5.02 Å². The summed E-state index contributed by atoms with van der Waals surface area (Å²) in [5.41, 5.74) is 0.785. The standard InChI is InChI=1S/C20H19ClN4O2S2/c21-13-7-9-15(10-8-13)25(20(27)16-12-29-24-23-16)18(17-6-3-11-28-17)19(26)22-14-4-1-2-5-14/h3,6-12,14,18H,1-2,4-5H2,(H,22,26)/t18-/m0/s1. The number of anilines is 1. The Kier molecular flexibility index (Phi) is 6.22. The Bertz CT molecular complexity index is 955. The van der Waals surface area contributed by atoms with Crippen LogP contribution in [0.1, 0.15) is 47.1 Å². The Morgan fingerprint density at radius 1 is 1.17 bits per heavy atom. The van der Waals surface area contributed by atoms with Gasteiger partial charge in [-0.2, -0.15) is 0 Å². The lowest BCUT2D eigenvalue weighted by Gasteiger charge is -2.31. The van der Waals surface area contributed by atoms with E-state index in [1.54, 1.807) is 29.6 Å². The third-order valence-corrected chi connectivity index (χ3v) is 6.60. The number of hydrogen-bond acceptors (Lipinski definition) is 6. The second kappa shape index (κ2) is 9.02. The number of halogens is 1. The van der Waals surface area contributed by atoms with Gasteiger partial charge in [0.2, 0.25) is 5.91 Å². The molecule has 2 amide bonds. The van der Waals surface area contributed by atoms with E-state index in [9.17, 15) is 9.59 Å². The maximum atomic E-state index is 13.4. The van der Waals surface area contributed by atoms with E-state index >= 15 is 0 Å². The molecule has 1 fully saturated rings. The van der Waals surface area contributed by atoms with Gasteiger partial charge in [0.25, 0.3) is 5.91 Å². The van der Waals surface area contributed by atoms with Crippen molar-refractivity contribution >= 4 is 52.0 Å². The molecule has 1 saturated carbocycles. The number of thiophene rings is 1. The number of nitrogens with zero attached hydrogens (tertiary/aromatic N) is 3. The van der Waals surface area contributed by atoms with Gasteiger partial charge in [0.05, 0.1) is 0 Å². The molecule has 1 atom stereocenters. The van der Waals surface area contributed by atoms with Gasteiger partial charge in [-0.25, -0.2) is 0 Å². The summed E-state index contributed by atoms with van der Waals surface area (Å²) in [7, 11) is 0. The fraction of sp³-hybridized carbons (Fsp3) is 0.300. The summed E-state index contributed by atoms with van der Waals surface area (Å²) >= 11 is 8.59. The van der Waals surface area contributed by atoms with Crippen LogP contribution in [0.15, 0.2) is 47.2 Å². The molecule has 4 rings (SSSR count). The molecule has 1 N–H and O–H groups in total. The predicted octanol–water partition coefficient (Wildman–Crippen LogP) is 4.70. The van der Waals surface area contributed by atoms with Crippen LogP contribution < -0.4 is 10.2 Å². The van der Waals surface area contributed by atoms with Crippen LogP contribution in [0.3, 0.4) is 0 Å². The minimum Gasteiger partial charge on any atom is -0.351 e. The molecule has 1 aromatic carbocycles. The van der Waals surface area contributed by atoms with E-state index in [4.69, 9.17) is 11.6 Å². The molecular formula is C20H19ClN4O2S2. The third kappa shape index (κ3) is 4.49. The van der Waals surface area contributed by atoms with Crippen molar-refractivity contribution < 1.29 is 9.59 Å². The van der Waals surface area contributed by atoms with Gasteiger partial charge >= 0.3 is 0 Å². The fourth-order valence-corrected chi connectivity index (χ4v) is 4.91. The normalized spacial score (nSPS) is 15.2. The van der Waals surface area contributed by atoms with Crippen LogP contribution in [0.4, 0.5) is 5.69 Å². The van der Waals surface area contributed by atoms with E-state index in [1.807, 2.05) is 17.5 Å². The van der Waals surface area contributed by atoms with Crippen molar-refractivity contribution in [2.75, 3.05) is 4.90 Å². The molecular weight excluding hydrogens is 428 g/mol. The first kappa shape index (κ1) is 20.0. The number of carbonyl (C=O) groups is 2. The largest absolute Gasteiger partial charge is 0.351 e. The van der Waals surface area contributed by atoms with E-state index < -0.39 is 6.04 Å². The minimum absolute atomic E-state index is 0.146. The van der Waals surface area contributed by atoms with Crippen LogP contribution in [0.5, 0.6) is 0 Å². The highest BCUT2D eigenvalue weighted by Crippen LogP contribution is 2.33. The zero-order chi connectivity index (χ0) is 20.2. The predicted molar refractivity (Wildman–Crippen MR) is 116 cm³/mol. The number of rotatable bonds is 6. The lowest BCUT2D eigenvalue weighted by molar-refractivity contribution is -0.123. The Morgan fingerprint density at radius 2 is 1.93 bits per heavy atom. The molecule has 0 saturated heterocycles. The first-order chi connectivity index (χ1) is 14.1. The molecule has 9 heteroatoms. The van der Waals surface area contributed by atoms with Gasteiger partial charge in [-0.05, 0) is 60.1 Å². The Labute approximate surface area is 181 Å². The molecule has 3 aromatic rings. The number of hydrogen-bond donors (Lipinski definition) is 1. The van der Waals surface area contributed by atoms with Crippen molar-refractivity contribution in [3.63, 3.8) is 0 Å². The van der Waals surface area contributed by atoms with Crippen molar-refractivity contribution in [1.29, 1.82) is 0 Å². The van der Waals surface area contributed by atoms with Crippen molar-refractivity contribution in [2.45, 2.75) is 37.8 Å². The van der Waals surface area contributed by atoms with Gasteiger partial charge in [0, 0.05) is 27.0 Å². The van der Waals surface area contributed by atoms with Gasteiger partial charge in [-0.15, -0.1) is 16.4 Å². The highest BCUT2D eigenvalue weighted by atomic mass is 35.5. The zero-order valence-electron chi connectivity index (χ0n) is 15.5. The minimum atomic E-state index is -0.800. The summed E-state index contributed by atoms with van der Waals surface area (Å²) in [5.74, 6) is -0.563. The second-order valence-corrected chi connectivity index (χ2v) is 8.88. The molecule has 2 heterocycles. The topological polar surface area (TPSA) is 75.2 Å². The van der Waals surface area contributed by atoms with E-state index in [2.05, 4.69) is 14.9 Å². The molecule has 0 bridgehead atoms. The summed E-state index contributed by atoms with van der Waals surface area (Å²) in [6.07, 6.45) is 4.15. The number of nitrogens with one attached hydrogen (secondary N) is 1. The number of aromatic nitrogens is 2. The summed E-state index contributed by atoms with van der Waals surface area (Å²) in [4.78, 5) is 29.1. The second-order valence-electron chi connectivity index (χ2n) is 6.85. The quantitative estimate of drug-likeness (QED) is 0.595. The number of amides is 2. The SMILES string of the molecule is O=C(NC1CCCC1)[C@H](c1cccs1)N(C(=O)c1csnn1)c1ccc(Cl)cc1. The maximum Gasteiger partial charge on any atom is 0.280 e. The lowest BCUT2D eigenvalue weighted by Crippen LogP contribution is -2.46. The molecule has 150 valence electrons. The molecule has 6 nitrogen and oxygen atoms in total. The fourth-order valence-electron chi connectivity index (χ4n) is 3.54. The van der Waals surface area contributed by atoms with Gasteiger partial charge in [-0.3, -0.25) is 14.5 Å². The van der Waals surface area contributed by atoms with Crippen LogP contribution >= 0.6 is 34.5 Å². The van der Waals surface area contributed by atoms with Crippen LogP contribution in [-0.4, -0.2) is 27.4 Å². The van der Waals surface area contributed by atoms with Crippen molar-refractivity contribution in [1.82, 2.24) is 14.9 Å². The average molecular weight is 447 g/mol. The van der Waals surface area contributed by atoms with Crippen molar-refractivity contribution in [3.8, 4) is 0 Å². The van der Waals surface area contributed by atoms with Crippen LogP contribution in [0, 0.1) is 0 Å². The van der Waals surface area contributed by atoms with Crippen molar-refractivity contribution in [3.05, 3.63) is 62.8 Å². The van der Waals surface area contributed by atoms with E-state index in [0.29, 0.717) is 10.7 Å². The third-order valence-electron chi connectivity index (χ3n) is 4.92. The molecule has 1 aliphatic carbocycles. The summed E-state index contributed by atoms with van der Waals surface area (Å²) in [5, 5.41) is 11.1. The smallest absolute Gasteiger partial charge is 0.280 e. The molecule has 0 aliphatic heterocycles. The Hall–Kier alpha value is -2.29. The molecule has 0 spiro atoms. The maximum absolute atomic E-state index is 13.4. The monoisotopic (exact) mass is 446 g/mol. The molecule has 2 aromatic heterocycles. The van der Waals surface area contributed by atoms with E-state index in [0.717, 1.165) is 42.1 Å². The molecule has 29 heavy (non-hydrogen) atoms. The van der Waals surface area contributed by atoms with Gasteiger partial charge in [0.15, 0.2) is 11.7 Å². The Morgan fingerprint density at radius 3 is 2.55 bits per heavy atom. The summed E-state index contributed by atoms with van der Waals surface area (Å²) < 4.78 is 3.81. The van der Waals surface area contributed by atoms with E-state index in [-0.39, 0.29) is 23.6 Å². The highest BCUT2D eigenvalue weighted by Gasteiger charge is 2.36. The van der Waals surface area contributed by atoms with E-state index in [1.165, 1.54) is 16.2 Å². The Balaban J connectivity index is 1.75. The van der Waals surface area contributed by atoms with Gasteiger partial charge in [0.1, 0.15) is 0 Å². The molecule has 0 unspecified atom stereocenters. The lowest BCUT2D eigenvalue weighted by atomic mass is 10.1. The summed E-state index contributed by atoms with van der Waals surface area (Å²) in [6, 6.07) is 9.99. The van der Waals surface area contributed by atoms with Crippen LogP contribution in [0.25, 0.3) is 0 Å². The first-order valence-electron chi connectivity index (χ1n) is 9.33.